The van der Waals surface area contributed by atoms with Crippen molar-refractivity contribution in [2.45, 2.75) is 13.0 Å². The van der Waals surface area contributed by atoms with Crippen molar-refractivity contribution in [1.82, 2.24) is 4.98 Å². The summed E-state index contributed by atoms with van der Waals surface area (Å²) in [5.74, 6) is -0.447. The lowest BCUT2D eigenvalue weighted by atomic mass is 10.2. The fourth-order valence-electron chi connectivity index (χ4n) is 1.22. The second-order valence-corrected chi connectivity index (χ2v) is 4.80. The first-order valence-corrected chi connectivity index (χ1v) is 6.23. The number of hydrogen-bond acceptors (Lipinski definition) is 5. The second-order valence-electron chi connectivity index (χ2n) is 3.19. The van der Waals surface area contributed by atoms with Gasteiger partial charge >= 0.3 is 0 Å². The number of nitrogens with zero attached hydrogens (tertiary/aromatic N) is 1. The molecule has 1 unspecified atom stereocenters. The van der Waals surface area contributed by atoms with Gasteiger partial charge in [0.05, 0.1) is 19.6 Å². The van der Waals surface area contributed by atoms with Gasteiger partial charge in [-0.15, -0.1) is 0 Å². The van der Waals surface area contributed by atoms with Crippen molar-refractivity contribution in [2.75, 3.05) is 13.4 Å². The lowest BCUT2D eigenvalue weighted by Gasteiger charge is -2.13. The minimum Gasteiger partial charge on any atom is -0.481 e. The van der Waals surface area contributed by atoms with Gasteiger partial charge in [0.2, 0.25) is 5.88 Å². The highest BCUT2D eigenvalue weighted by atomic mass is 32.2. The lowest BCUT2D eigenvalue weighted by Crippen LogP contribution is -2.09. The van der Waals surface area contributed by atoms with Gasteiger partial charge in [-0.1, -0.05) is 0 Å². The zero-order valence-corrected chi connectivity index (χ0v) is 9.91. The van der Waals surface area contributed by atoms with Crippen molar-refractivity contribution in [2.24, 2.45) is 0 Å². The first-order chi connectivity index (χ1) is 7.33. The maximum absolute atomic E-state index is 13.0. The standard InChI is InChI=1S/C9H12FNO4S/c1-6(15-16(3,12)13)8-4-7(10)5-11-9(8)14-2/h4-6H,1-3H3. The van der Waals surface area contributed by atoms with E-state index in [9.17, 15) is 12.8 Å². The molecule has 0 aromatic carbocycles. The number of methoxy groups -OCH3 is 1. The van der Waals surface area contributed by atoms with Crippen LogP contribution in [0.3, 0.4) is 0 Å². The molecule has 0 fully saturated rings. The van der Waals surface area contributed by atoms with E-state index < -0.39 is 22.0 Å². The lowest BCUT2D eigenvalue weighted by molar-refractivity contribution is 0.228. The molecule has 1 rings (SSSR count). The van der Waals surface area contributed by atoms with E-state index in [4.69, 9.17) is 8.92 Å². The number of aromatic nitrogens is 1. The molecule has 0 radical (unpaired) electrons. The number of hydrogen-bond donors (Lipinski definition) is 0. The molecule has 0 saturated heterocycles. The van der Waals surface area contributed by atoms with Gasteiger partial charge in [0.15, 0.2) is 0 Å². The molecule has 0 bridgehead atoms. The van der Waals surface area contributed by atoms with Crippen LogP contribution >= 0.6 is 0 Å². The van der Waals surface area contributed by atoms with Crippen LogP contribution in [0.25, 0.3) is 0 Å². The van der Waals surface area contributed by atoms with Crippen LogP contribution in [0.5, 0.6) is 5.88 Å². The summed E-state index contributed by atoms with van der Waals surface area (Å²) in [6.45, 7) is 1.47. The summed E-state index contributed by atoms with van der Waals surface area (Å²) < 4.78 is 44.4. The van der Waals surface area contributed by atoms with Gasteiger partial charge in [-0.2, -0.15) is 8.42 Å². The van der Waals surface area contributed by atoms with E-state index in [1.165, 1.54) is 14.0 Å². The Kier molecular flexibility index (Phi) is 3.82. The molecule has 0 spiro atoms. The Bertz CT molecular complexity index is 474. The van der Waals surface area contributed by atoms with Crippen LogP contribution in [0, 0.1) is 5.82 Å². The molecule has 7 heteroatoms. The Morgan fingerprint density at radius 1 is 1.50 bits per heavy atom. The van der Waals surface area contributed by atoms with E-state index in [2.05, 4.69) is 4.98 Å². The third-order valence-electron chi connectivity index (χ3n) is 1.80. The molecule has 1 atom stereocenters. The highest BCUT2D eigenvalue weighted by Crippen LogP contribution is 2.26. The predicted molar refractivity (Wildman–Crippen MR) is 55.1 cm³/mol. The van der Waals surface area contributed by atoms with Gasteiger partial charge in [0.1, 0.15) is 11.9 Å². The average molecular weight is 249 g/mol. The molecule has 90 valence electrons. The Morgan fingerprint density at radius 3 is 2.62 bits per heavy atom. The second kappa shape index (κ2) is 4.75. The van der Waals surface area contributed by atoms with Gasteiger partial charge in [-0.05, 0) is 13.0 Å². The molecular formula is C9H12FNO4S. The van der Waals surface area contributed by atoms with Gasteiger partial charge < -0.3 is 4.74 Å². The first-order valence-electron chi connectivity index (χ1n) is 4.41. The number of rotatable bonds is 4. The van der Waals surface area contributed by atoms with Gasteiger partial charge in [-0.3, -0.25) is 4.18 Å². The molecule has 0 aliphatic rings. The Balaban J connectivity index is 3.06. The molecule has 16 heavy (non-hydrogen) atoms. The van der Waals surface area contributed by atoms with E-state index in [1.54, 1.807) is 0 Å². The van der Waals surface area contributed by atoms with Crippen LogP contribution in [-0.4, -0.2) is 26.8 Å². The molecule has 1 aromatic heterocycles. The van der Waals surface area contributed by atoms with Crippen LogP contribution in [0.15, 0.2) is 12.3 Å². The van der Waals surface area contributed by atoms with E-state index >= 15 is 0 Å². The molecule has 0 saturated carbocycles. The van der Waals surface area contributed by atoms with E-state index in [1.807, 2.05) is 0 Å². The largest absolute Gasteiger partial charge is 0.481 e. The monoisotopic (exact) mass is 249 g/mol. The summed E-state index contributed by atoms with van der Waals surface area (Å²) in [5.41, 5.74) is 0.243. The number of pyridine rings is 1. The van der Waals surface area contributed by atoms with E-state index in [0.29, 0.717) is 0 Å². The summed E-state index contributed by atoms with van der Waals surface area (Å²) in [6, 6.07) is 1.13. The fraction of sp³-hybridized carbons (Fsp3) is 0.444. The minimum atomic E-state index is -3.62. The molecule has 1 heterocycles. The molecule has 1 aromatic rings. The highest BCUT2D eigenvalue weighted by molar-refractivity contribution is 7.86. The molecule has 0 aliphatic heterocycles. The van der Waals surface area contributed by atoms with Gasteiger partial charge in [-0.25, -0.2) is 9.37 Å². The van der Waals surface area contributed by atoms with Crippen molar-refractivity contribution >= 4 is 10.1 Å². The van der Waals surface area contributed by atoms with Crippen molar-refractivity contribution in [3.05, 3.63) is 23.6 Å². The summed E-state index contributed by atoms with van der Waals surface area (Å²) in [7, 11) is -2.26. The Morgan fingerprint density at radius 2 is 2.12 bits per heavy atom. The summed E-state index contributed by atoms with van der Waals surface area (Å²) >= 11 is 0. The van der Waals surface area contributed by atoms with Crippen molar-refractivity contribution in [3.8, 4) is 5.88 Å². The van der Waals surface area contributed by atoms with Crippen molar-refractivity contribution in [3.63, 3.8) is 0 Å². The average Bonchev–Trinajstić information content (AvgIpc) is 2.15. The topological polar surface area (TPSA) is 65.5 Å². The SMILES string of the molecule is COc1ncc(F)cc1C(C)OS(C)(=O)=O. The van der Waals surface area contributed by atoms with E-state index in [-0.39, 0.29) is 11.4 Å². The van der Waals surface area contributed by atoms with Crippen LogP contribution in [0.4, 0.5) is 4.39 Å². The minimum absolute atomic E-state index is 0.137. The smallest absolute Gasteiger partial charge is 0.264 e. The zero-order valence-electron chi connectivity index (χ0n) is 9.10. The fourth-order valence-corrected chi connectivity index (χ4v) is 1.85. The number of halogens is 1. The third kappa shape index (κ3) is 3.42. The van der Waals surface area contributed by atoms with Crippen LogP contribution < -0.4 is 4.74 Å². The Hall–Kier alpha value is -1.21. The highest BCUT2D eigenvalue weighted by Gasteiger charge is 2.18. The van der Waals surface area contributed by atoms with Gasteiger partial charge in [0.25, 0.3) is 10.1 Å². The summed E-state index contributed by atoms with van der Waals surface area (Å²) in [4.78, 5) is 3.68. The number of ether oxygens (including phenoxy) is 1. The van der Waals surface area contributed by atoms with Crippen LogP contribution in [-0.2, 0) is 14.3 Å². The quantitative estimate of drug-likeness (QED) is 0.752. The zero-order chi connectivity index (χ0) is 12.3. The molecule has 0 N–H and O–H groups in total. The van der Waals surface area contributed by atoms with Crippen molar-refractivity contribution in [1.29, 1.82) is 0 Å². The summed E-state index contributed by atoms with van der Waals surface area (Å²) in [5, 5.41) is 0. The maximum atomic E-state index is 13.0. The molecule has 5 nitrogen and oxygen atoms in total. The third-order valence-corrected chi connectivity index (χ3v) is 2.43. The predicted octanol–water partition coefficient (Wildman–Crippen LogP) is 1.27. The van der Waals surface area contributed by atoms with Gasteiger partial charge in [0, 0.05) is 5.56 Å². The maximum Gasteiger partial charge on any atom is 0.264 e. The first kappa shape index (κ1) is 12.9. The molecule has 0 amide bonds. The van der Waals surface area contributed by atoms with Crippen molar-refractivity contribution < 1.29 is 21.7 Å². The Labute approximate surface area is 93.3 Å². The van der Waals surface area contributed by atoms with E-state index in [0.717, 1.165) is 18.5 Å². The summed E-state index contributed by atoms with van der Waals surface area (Å²) in [6.07, 6.45) is 1.05. The van der Waals surface area contributed by atoms with Crippen LogP contribution in [0.1, 0.15) is 18.6 Å². The molecule has 0 aliphatic carbocycles. The normalized spacial score (nSPS) is 13.5. The van der Waals surface area contributed by atoms with Crippen LogP contribution in [0.2, 0.25) is 0 Å². The molecular weight excluding hydrogens is 237 g/mol.